The monoisotopic (exact) mass is 812 g/mol. The van der Waals surface area contributed by atoms with Gasteiger partial charge < -0.3 is 39.4 Å². The van der Waals surface area contributed by atoms with Crippen LogP contribution >= 0.6 is 15.9 Å². The maximum absolute atomic E-state index is 16.0. The van der Waals surface area contributed by atoms with Crippen LogP contribution in [0.25, 0.3) is 0 Å². The zero-order valence-electron chi connectivity index (χ0n) is 31.1. The normalized spacial score (nSPS) is 15.3. The van der Waals surface area contributed by atoms with E-state index in [0.717, 1.165) is 26.2 Å². The molecule has 0 saturated carbocycles. The van der Waals surface area contributed by atoms with Crippen molar-refractivity contribution < 1.29 is 67.7 Å². The highest BCUT2D eigenvalue weighted by Gasteiger charge is 2.48. The average molecular weight is 814 g/mol. The van der Waals surface area contributed by atoms with Crippen LogP contribution in [-0.4, -0.2) is 62.8 Å². The molecule has 1 aliphatic carbocycles. The van der Waals surface area contributed by atoms with Crippen molar-refractivity contribution in [3.05, 3.63) is 95.0 Å². The number of carboxylic acid groups (broad SMARTS) is 1. The van der Waals surface area contributed by atoms with Crippen molar-refractivity contribution in [2.24, 2.45) is 0 Å². The molecule has 54 heavy (non-hydrogen) atoms. The Balaban J connectivity index is 1.71. The number of carbonyl (C=O) groups excluding carboxylic acids is 4. The van der Waals surface area contributed by atoms with Gasteiger partial charge in [0.15, 0.2) is 23.1 Å². The lowest BCUT2D eigenvalue weighted by atomic mass is 9.87. The SMILES string of the molecule is CCc1c(C)c(C(=O)O)c(C)c(C)c1OC(=O)c1c(C)c(F)c(OC(=O)c2c(C)c(C)c(OC(=O)[C@@]3(O)C(C)=CC(=O)C=C3OC)c(Br)c2O)c(C)c1O. The number of aromatic hydroxyl groups is 2. The van der Waals surface area contributed by atoms with Crippen LogP contribution in [0, 0.1) is 54.3 Å². The number of halogens is 2. The number of esters is 3. The molecule has 1 aliphatic rings. The van der Waals surface area contributed by atoms with Crippen molar-refractivity contribution in [3.8, 4) is 28.7 Å². The van der Waals surface area contributed by atoms with Crippen molar-refractivity contribution in [2.75, 3.05) is 7.11 Å². The van der Waals surface area contributed by atoms with Gasteiger partial charge in [-0.2, -0.15) is 0 Å². The molecule has 286 valence electrons. The maximum atomic E-state index is 16.0. The van der Waals surface area contributed by atoms with Gasteiger partial charge in [-0.15, -0.1) is 0 Å². The number of aromatic carboxylic acids is 1. The lowest BCUT2D eigenvalue weighted by molar-refractivity contribution is -0.151. The van der Waals surface area contributed by atoms with Crippen molar-refractivity contribution in [2.45, 2.75) is 74.3 Å². The number of carbonyl (C=O) groups is 5. The van der Waals surface area contributed by atoms with E-state index >= 15 is 4.39 Å². The number of phenolic OH excluding ortho intramolecular Hbond substituents is 2. The molecule has 3 aromatic carbocycles. The summed E-state index contributed by atoms with van der Waals surface area (Å²) < 4.78 is 37.3. The number of ketones is 1. The molecule has 1 atom stereocenters. The van der Waals surface area contributed by atoms with Crippen molar-refractivity contribution >= 4 is 45.6 Å². The lowest BCUT2D eigenvalue weighted by Crippen LogP contribution is -2.47. The van der Waals surface area contributed by atoms with E-state index in [1.165, 1.54) is 27.7 Å². The highest BCUT2D eigenvalue weighted by atomic mass is 79.9. The first kappa shape index (κ1) is 41.2. The molecule has 0 aromatic heterocycles. The number of ether oxygens (including phenoxy) is 4. The highest BCUT2D eigenvalue weighted by Crippen LogP contribution is 2.45. The van der Waals surface area contributed by atoms with Crippen LogP contribution in [-0.2, 0) is 20.7 Å². The van der Waals surface area contributed by atoms with Gasteiger partial charge in [0.2, 0.25) is 5.60 Å². The summed E-state index contributed by atoms with van der Waals surface area (Å²) in [5.41, 5.74) is -2.68. The number of allylic oxidation sites excluding steroid dienone is 2. The van der Waals surface area contributed by atoms with Crippen molar-refractivity contribution in [1.29, 1.82) is 0 Å². The van der Waals surface area contributed by atoms with Gasteiger partial charge in [-0.1, -0.05) is 6.92 Å². The van der Waals surface area contributed by atoms with Gasteiger partial charge in [-0.25, -0.2) is 23.6 Å². The first-order valence-electron chi connectivity index (χ1n) is 16.3. The number of hydrogen-bond donors (Lipinski definition) is 4. The number of phenols is 2. The summed E-state index contributed by atoms with van der Waals surface area (Å²) in [5, 5.41) is 43.3. The van der Waals surface area contributed by atoms with Crippen molar-refractivity contribution in [1.82, 2.24) is 0 Å². The molecule has 0 amide bonds. The molecule has 0 unspecified atom stereocenters. The van der Waals surface area contributed by atoms with Gasteiger partial charge in [0.1, 0.15) is 38.6 Å². The van der Waals surface area contributed by atoms with Crippen LogP contribution in [0.5, 0.6) is 28.7 Å². The smallest absolute Gasteiger partial charge is 0.356 e. The second kappa shape index (κ2) is 15.1. The number of benzene rings is 3. The molecular formula is C39H38BrFO13. The molecule has 0 fully saturated rings. The van der Waals surface area contributed by atoms with E-state index in [9.17, 15) is 44.4 Å². The lowest BCUT2D eigenvalue weighted by Gasteiger charge is -2.30. The molecule has 13 nitrogen and oxygen atoms in total. The Morgan fingerprint density at radius 3 is 1.78 bits per heavy atom. The van der Waals surface area contributed by atoms with Gasteiger partial charge in [-0.3, -0.25) is 4.79 Å². The van der Waals surface area contributed by atoms with Crippen LogP contribution in [0.1, 0.15) is 89.4 Å². The molecule has 0 radical (unpaired) electrons. The highest BCUT2D eigenvalue weighted by molar-refractivity contribution is 9.10. The summed E-state index contributed by atoms with van der Waals surface area (Å²) in [5.74, 6) is -9.54. The minimum absolute atomic E-state index is 0.0184. The van der Waals surface area contributed by atoms with E-state index in [0.29, 0.717) is 28.7 Å². The fraction of sp³-hybridized carbons (Fsp3) is 0.308. The number of methoxy groups -OCH3 is 1. The number of hydrogen-bond acceptors (Lipinski definition) is 12. The average Bonchev–Trinajstić information content (AvgIpc) is 3.10. The van der Waals surface area contributed by atoms with E-state index in [2.05, 4.69) is 15.9 Å². The standard InChI is InChI=1S/C39H38BrFO13/c1-11-23-19(7)25(35(45)46)15(3)17(5)32(23)52-37(48)27-20(8)29(41)34(21(9)30(27)43)53-36(47)26-16(4)18(6)33(28(40)31(26)44)54-38(49)39(50)14(2)12-22(42)13-24(39)51-10/h12-13,43-44,50H,11H2,1-10H3,(H,45,46)/t39-/m1/s1. The van der Waals surface area contributed by atoms with Gasteiger partial charge in [0.05, 0.1) is 12.7 Å². The van der Waals surface area contributed by atoms with E-state index in [1.54, 1.807) is 27.7 Å². The third-order valence-electron chi connectivity index (χ3n) is 9.77. The van der Waals surface area contributed by atoms with Crippen LogP contribution in [0.15, 0.2) is 28.0 Å². The zero-order valence-corrected chi connectivity index (χ0v) is 32.7. The summed E-state index contributed by atoms with van der Waals surface area (Å²) >= 11 is 3.11. The second-order valence-electron chi connectivity index (χ2n) is 12.8. The first-order chi connectivity index (χ1) is 25.1. The summed E-state index contributed by atoms with van der Waals surface area (Å²) in [6.07, 6.45) is 2.23. The third kappa shape index (κ3) is 6.62. The number of carboxylic acids is 1. The molecule has 4 N–H and O–H groups in total. The van der Waals surface area contributed by atoms with Gasteiger partial charge in [-0.05, 0) is 123 Å². The number of aliphatic hydroxyl groups is 1. The molecule has 15 heteroatoms. The Kier molecular flexibility index (Phi) is 11.5. The van der Waals surface area contributed by atoms with E-state index in [1.807, 2.05) is 0 Å². The van der Waals surface area contributed by atoms with Crippen LogP contribution in [0.4, 0.5) is 4.39 Å². The topological polar surface area (TPSA) is 203 Å². The van der Waals surface area contributed by atoms with E-state index < -0.39 is 80.8 Å². The molecule has 3 aromatic rings. The Bertz CT molecular complexity index is 2210. The molecule has 4 rings (SSSR count). The summed E-state index contributed by atoms with van der Waals surface area (Å²) in [7, 11) is 1.15. The Hall–Kier alpha value is -5.54. The Labute approximate surface area is 317 Å². The van der Waals surface area contributed by atoms with Gasteiger partial charge in [0, 0.05) is 17.2 Å². The van der Waals surface area contributed by atoms with Crippen molar-refractivity contribution in [3.63, 3.8) is 0 Å². The fourth-order valence-corrected chi connectivity index (χ4v) is 6.93. The van der Waals surface area contributed by atoms with Crippen LogP contribution < -0.4 is 14.2 Å². The first-order valence-corrected chi connectivity index (χ1v) is 17.1. The second-order valence-corrected chi connectivity index (χ2v) is 13.6. The molecule has 0 aliphatic heterocycles. The third-order valence-corrected chi connectivity index (χ3v) is 10.5. The summed E-state index contributed by atoms with van der Waals surface area (Å²) in [6, 6.07) is 0. The molecule has 0 spiro atoms. The minimum atomic E-state index is -2.50. The minimum Gasteiger partial charge on any atom is -0.507 e. The molecular weight excluding hydrogens is 775 g/mol. The Morgan fingerprint density at radius 1 is 0.722 bits per heavy atom. The molecule has 0 heterocycles. The quantitative estimate of drug-likeness (QED) is 0.134. The Morgan fingerprint density at radius 2 is 1.24 bits per heavy atom. The van der Waals surface area contributed by atoms with Gasteiger partial charge >= 0.3 is 23.9 Å². The predicted molar refractivity (Wildman–Crippen MR) is 194 cm³/mol. The number of rotatable bonds is 9. The largest absolute Gasteiger partial charge is 0.507 e. The fourth-order valence-electron chi connectivity index (χ4n) is 6.36. The van der Waals surface area contributed by atoms with E-state index in [4.69, 9.17) is 18.9 Å². The molecule has 0 bridgehead atoms. The molecule has 0 saturated heterocycles. The van der Waals surface area contributed by atoms with Crippen LogP contribution in [0.2, 0.25) is 0 Å². The summed E-state index contributed by atoms with van der Waals surface area (Å²) in [4.78, 5) is 64.4. The zero-order chi connectivity index (χ0) is 40.9. The van der Waals surface area contributed by atoms with Gasteiger partial charge in [0.25, 0.3) is 0 Å². The maximum Gasteiger partial charge on any atom is 0.356 e. The van der Waals surface area contributed by atoms with E-state index in [-0.39, 0.29) is 43.8 Å². The summed E-state index contributed by atoms with van der Waals surface area (Å²) in [6.45, 7) is 12.9. The predicted octanol–water partition coefficient (Wildman–Crippen LogP) is 6.55. The van der Waals surface area contributed by atoms with Crippen LogP contribution in [0.3, 0.4) is 0 Å².